The van der Waals surface area contributed by atoms with Crippen molar-refractivity contribution in [2.75, 3.05) is 40.5 Å². The number of non-ortho nitro benzene ring substituents is 1. The van der Waals surface area contributed by atoms with Crippen LogP contribution in [0.4, 0.5) is 5.69 Å². The lowest BCUT2D eigenvalue weighted by Crippen LogP contribution is -2.45. The van der Waals surface area contributed by atoms with E-state index in [0.717, 1.165) is 23.3 Å². The number of rotatable bonds is 13. The van der Waals surface area contributed by atoms with Gasteiger partial charge in [0.05, 0.1) is 31.8 Å². The van der Waals surface area contributed by atoms with Gasteiger partial charge in [-0.1, -0.05) is 12.1 Å². The lowest BCUT2D eigenvalue weighted by Gasteiger charge is -2.29. The molecule has 10 nitrogen and oxygen atoms in total. The van der Waals surface area contributed by atoms with Crippen molar-refractivity contribution >= 4 is 28.8 Å². The number of nitrogens with zero attached hydrogens (tertiary/aromatic N) is 3. The number of carbonyl (C=O) groups is 2. The molecular formula is C29H33N3O7S. The van der Waals surface area contributed by atoms with Crippen LogP contribution in [0, 0.1) is 10.1 Å². The van der Waals surface area contributed by atoms with Gasteiger partial charge in [0.1, 0.15) is 6.54 Å². The molecule has 1 aliphatic heterocycles. The zero-order valence-electron chi connectivity index (χ0n) is 22.6. The summed E-state index contributed by atoms with van der Waals surface area (Å²) in [6.07, 6.45) is 2.12. The van der Waals surface area contributed by atoms with Gasteiger partial charge >= 0.3 is 0 Å². The van der Waals surface area contributed by atoms with Crippen LogP contribution < -0.4 is 9.47 Å². The summed E-state index contributed by atoms with van der Waals surface area (Å²) in [6, 6.07) is 15.0. The van der Waals surface area contributed by atoms with Gasteiger partial charge in [0, 0.05) is 42.3 Å². The van der Waals surface area contributed by atoms with Crippen molar-refractivity contribution in [3.05, 3.63) is 86.1 Å². The van der Waals surface area contributed by atoms with Gasteiger partial charge in [0.15, 0.2) is 11.5 Å². The topological polar surface area (TPSA) is 111 Å². The molecule has 1 fully saturated rings. The fraction of sp³-hybridized carbons (Fsp3) is 0.379. The van der Waals surface area contributed by atoms with Gasteiger partial charge in [-0.25, -0.2) is 0 Å². The molecule has 1 aliphatic rings. The molecule has 0 bridgehead atoms. The van der Waals surface area contributed by atoms with E-state index >= 15 is 0 Å². The number of carbonyl (C=O) groups excluding carboxylic acids is 2. The molecular weight excluding hydrogens is 534 g/mol. The second kappa shape index (κ2) is 13.9. The highest BCUT2D eigenvalue weighted by atomic mass is 32.1. The van der Waals surface area contributed by atoms with Crippen LogP contribution in [0.2, 0.25) is 0 Å². The first-order valence-electron chi connectivity index (χ1n) is 13.0. The largest absolute Gasteiger partial charge is 0.493 e. The van der Waals surface area contributed by atoms with E-state index in [1.807, 2.05) is 35.7 Å². The summed E-state index contributed by atoms with van der Waals surface area (Å²) < 4.78 is 16.5. The third-order valence-corrected chi connectivity index (χ3v) is 7.65. The van der Waals surface area contributed by atoms with Gasteiger partial charge in [0.25, 0.3) is 11.6 Å². The fourth-order valence-electron chi connectivity index (χ4n) is 4.61. The number of benzene rings is 2. The first-order chi connectivity index (χ1) is 19.4. The summed E-state index contributed by atoms with van der Waals surface area (Å²) in [7, 11) is 3.16. The summed E-state index contributed by atoms with van der Waals surface area (Å²) in [6.45, 7) is 1.61. The lowest BCUT2D eigenvalue weighted by atomic mass is 10.1. The molecule has 0 aliphatic carbocycles. The Hall–Kier alpha value is -3.96. The molecule has 1 saturated heterocycles. The highest BCUT2D eigenvalue weighted by Crippen LogP contribution is 2.28. The molecule has 0 N–H and O–H groups in total. The third kappa shape index (κ3) is 7.57. The molecule has 40 heavy (non-hydrogen) atoms. The van der Waals surface area contributed by atoms with Crippen LogP contribution >= 0.6 is 11.3 Å². The maximum absolute atomic E-state index is 13.7. The van der Waals surface area contributed by atoms with Gasteiger partial charge in [0.2, 0.25) is 5.91 Å². The van der Waals surface area contributed by atoms with Crippen LogP contribution in [-0.2, 0) is 22.5 Å². The van der Waals surface area contributed by atoms with Gasteiger partial charge in [-0.15, -0.1) is 11.3 Å². The van der Waals surface area contributed by atoms with Crippen molar-refractivity contribution in [1.29, 1.82) is 0 Å². The summed E-state index contributed by atoms with van der Waals surface area (Å²) in [5, 5.41) is 13.0. The number of methoxy groups -OCH3 is 2. The maximum Gasteiger partial charge on any atom is 0.269 e. The van der Waals surface area contributed by atoms with E-state index < -0.39 is 4.92 Å². The Kier molecular flexibility index (Phi) is 10.1. The minimum atomic E-state index is -0.511. The predicted octanol–water partition coefficient (Wildman–Crippen LogP) is 4.57. The SMILES string of the molecule is COc1ccc(CCN(Cc2cccs2)C(=O)CN(CC2CCCO2)C(=O)c2ccc([N+](=O)[O-])cc2)cc1OC. The Bertz CT molecular complexity index is 1290. The predicted molar refractivity (Wildman–Crippen MR) is 151 cm³/mol. The maximum atomic E-state index is 13.7. The first kappa shape index (κ1) is 29.0. The molecule has 212 valence electrons. The van der Waals surface area contributed by atoms with E-state index in [1.54, 1.807) is 30.5 Å². The summed E-state index contributed by atoms with van der Waals surface area (Å²) in [5.74, 6) is 0.691. The fourth-order valence-corrected chi connectivity index (χ4v) is 5.33. The summed E-state index contributed by atoms with van der Waals surface area (Å²) >= 11 is 1.57. The molecule has 3 aromatic rings. The van der Waals surface area contributed by atoms with Crippen LogP contribution in [0.3, 0.4) is 0 Å². The Morgan fingerprint density at radius 2 is 1.85 bits per heavy atom. The molecule has 0 spiro atoms. The van der Waals surface area contributed by atoms with Crippen LogP contribution in [0.15, 0.2) is 60.0 Å². The minimum Gasteiger partial charge on any atom is -0.493 e. The molecule has 1 atom stereocenters. The Labute approximate surface area is 237 Å². The number of nitro groups is 1. The van der Waals surface area contributed by atoms with Crippen molar-refractivity contribution in [1.82, 2.24) is 9.80 Å². The van der Waals surface area contributed by atoms with E-state index in [9.17, 15) is 19.7 Å². The number of thiophene rings is 1. The van der Waals surface area contributed by atoms with Crippen LogP contribution in [-0.4, -0.2) is 73.1 Å². The van der Waals surface area contributed by atoms with Gasteiger partial charge in [-0.2, -0.15) is 0 Å². The number of hydrogen-bond acceptors (Lipinski definition) is 8. The number of nitro benzene ring substituents is 1. The third-order valence-electron chi connectivity index (χ3n) is 6.78. The number of amides is 2. The molecule has 2 amide bonds. The van der Waals surface area contributed by atoms with Crippen LogP contribution in [0.1, 0.15) is 33.6 Å². The average molecular weight is 568 g/mol. The van der Waals surface area contributed by atoms with Crippen LogP contribution in [0.5, 0.6) is 11.5 Å². The first-order valence-corrected chi connectivity index (χ1v) is 13.9. The van der Waals surface area contributed by atoms with Crippen molar-refractivity contribution in [2.24, 2.45) is 0 Å². The summed E-state index contributed by atoms with van der Waals surface area (Å²) in [5.41, 5.74) is 1.17. The smallest absolute Gasteiger partial charge is 0.269 e. The lowest BCUT2D eigenvalue weighted by molar-refractivity contribution is -0.384. The van der Waals surface area contributed by atoms with E-state index in [4.69, 9.17) is 14.2 Å². The Balaban J connectivity index is 1.52. The van der Waals surface area contributed by atoms with E-state index in [0.29, 0.717) is 37.6 Å². The normalized spacial score (nSPS) is 14.5. The van der Waals surface area contributed by atoms with Gasteiger partial charge in [-0.05, 0) is 60.5 Å². The molecule has 1 unspecified atom stereocenters. The van der Waals surface area contributed by atoms with Crippen molar-refractivity contribution in [3.63, 3.8) is 0 Å². The molecule has 1 aromatic heterocycles. The minimum absolute atomic E-state index is 0.101. The second-order valence-electron chi connectivity index (χ2n) is 9.46. The molecule has 4 rings (SSSR count). The molecule has 2 aromatic carbocycles. The number of hydrogen-bond donors (Lipinski definition) is 0. The average Bonchev–Trinajstić information content (AvgIpc) is 3.69. The monoisotopic (exact) mass is 567 g/mol. The Morgan fingerprint density at radius 3 is 2.48 bits per heavy atom. The molecule has 2 heterocycles. The van der Waals surface area contributed by atoms with E-state index in [2.05, 4.69) is 0 Å². The van der Waals surface area contributed by atoms with Crippen molar-refractivity contribution in [3.8, 4) is 11.5 Å². The molecule has 0 saturated carbocycles. The Morgan fingerprint density at radius 1 is 1.07 bits per heavy atom. The van der Waals surface area contributed by atoms with Gasteiger partial charge < -0.3 is 24.0 Å². The van der Waals surface area contributed by atoms with Crippen molar-refractivity contribution < 1.29 is 28.7 Å². The van der Waals surface area contributed by atoms with E-state index in [-0.39, 0.29) is 42.3 Å². The quantitative estimate of drug-likeness (QED) is 0.220. The second-order valence-corrected chi connectivity index (χ2v) is 10.5. The number of ether oxygens (including phenoxy) is 3. The zero-order chi connectivity index (χ0) is 28.5. The standard InChI is InChI=1S/C29H33N3O7S/c1-37-26-12-7-21(17-27(26)38-2)13-14-30(19-25-6-4-16-40-25)28(33)20-31(18-24-5-3-15-39-24)29(34)22-8-10-23(11-9-22)32(35)36/h4,6-12,16-17,24H,3,5,13-15,18-20H2,1-2H3. The van der Waals surface area contributed by atoms with Crippen LogP contribution in [0.25, 0.3) is 0 Å². The molecule has 11 heteroatoms. The molecule has 0 radical (unpaired) electrons. The highest BCUT2D eigenvalue weighted by molar-refractivity contribution is 7.09. The van der Waals surface area contributed by atoms with E-state index in [1.165, 1.54) is 29.2 Å². The van der Waals surface area contributed by atoms with Crippen molar-refractivity contribution in [2.45, 2.75) is 31.9 Å². The highest BCUT2D eigenvalue weighted by Gasteiger charge is 2.27. The van der Waals surface area contributed by atoms with Gasteiger partial charge in [-0.3, -0.25) is 19.7 Å². The summed E-state index contributed by atoms with van der Waals surface area (Å²) in [4.78, 5) is 42.1. The zero-order valence-corrected chi connectivity index (χ0v) is 23.4.